The van der Waals surface area contributed by atoms with Crippen molar-refractivity contribution in [3.8, 4) is 0 Å². The first-order valence-electron chi connectivity index (χ1n) is 7.29. The van der Waals surface area contributed by atoms with E-state index in [1.807, 2.05) is 12.1 Å². The van der Waals surface area contributed by atoms with Crippen LogP contribution in [0.15, 0.2) is 30.3 Å². The molecule has 104 valence electrons. The lowest BCUT2D eigenvalue weighted by atomic mass is 10.1. The fourth-order valence-electron chi connectivity index (χ4n) is 2.11. The minimum atomic E-state index is 0.833. The van der Waals surface area contributed by atoms with Gasteiger partial charge in [0.1, 0.15) is 6.29 Å². The van der Waals surface area contributed by atoms with Crippen molar-refractivity contribution in [2.75, 3.05) is 18.0 Å². The zero-order chi connectivity index (χ0) is 13.9. The van der Waals surface area contributed by atoms with E-state index < -0.39 is 0 Å². The quantitative estimate of drug-likeness (QED) is 0.486. The molecule has 0 N–H and O–H groups in total. The van der Waals surface area contributed by atoms with Gasteiger partial charge in [0.25, 0.3) is 0 Å². The fraction of sp³-hybridized carbons (Fsp3) is 0.471. The van der Waals surface area contributed by atoms with Gasteiger partial charge < -0.3 is 4.90 Å². The third kappa shape index (κ3) is 5.29. The second-order valence-electron chi connectivity index (χ2n) is 4.75. The van der Waals surface area contributed by atoms with Crippen molar-refractivity contribution in [1.29, 1.82) is 0 Å². The Kier molecular flexibility index (Phi) is 7.64. The molecule has 0 amide bonds. The van der Waals surface area contributed by atoms with Gasteiger partial charge in [-0.1, -0.05) is 44.9 Å². The van der Waals surface area contributed by atoms with Crippen molar-refractivity contribution >= 4 is 18.0 Å². The van der Waals surface area contributed by atoms with Gasteiger partial charge in [-0.25, -0.2) is 0 Å². The lowest BCUT2D eigenvalue weighted by Gasteiger charge is -2.26. The molecule has 0 aromatic heterocycles. The second kappa shape index (κ2) is 9.37. The molecule has 2 heteroatoms. The number of aldehydes is 1. The number of carbonyl (C=O) groups is 1. The molecule has 0 aliphatic heterocycles. The number of carbonyl (C=O) groups excluding carboxylic acids is 1. The summed E-state index contributed by atoms with van der Waals surface area (Å²) >= 11 is 0. The zero-order valence-electron chi connectivity index (χ0n) is 12.1. The molecule has 0 unspecified atom stereocenters. The Morgan fingerprint density at radius 2 is 1.68 bits per heavy atom. The summed E-state index contributed by atoms with van der Waals surface area (Å²) in [5.41, 5.74) is 2.37. The highest BCUT2D eigenvalue weighted by molar-refractivity contribution is 5.78. The van der Waals surface area contributed by atoms with Crippen LogP contribution >= 0.6 is 0 Å². The molecule has 0 saturated heterocycles. The Labute approximate surface area is 117 Å². The van der Waals surface area contributed by atoms with E-state index >= 15 is 0 Å². The molecule has 19 heavy (non-hydrogen) atoms. The first kappa shape index (κ1) is 15.5. The number of allylic oxidation sites excluding steroid dienone is 1. The van der Waals surface area contributed by atoms with Gasteiger partial charge in [-0.05, 0) is 36.6 Å². The van der Waals surface area contributed by atoms with E-state index in [-0.39, 0.29) is 0 Å². The van der Waals surface area contributed by atoms with Gasteiger partial charge >= 0.3 is 0 Å². The minimum Gasteiger partial charge on any atom is -0.371 e. The molecule has 0 fully saturated rings. The fourth-order valence-corrected chi connectivity index (χ4v) is 2.11. The summed E-state index contributed by atoms with van der Waals surface area (Å²) in [5, 5.41) is 0. The maximum atomic E-state index is 10.5. The molecule has 0 saturated carbocycles. The Balaban J connectivity index is 2.92. The monoisotopic (exact) mass is 259 g/mol. The van der Waals surface area contributed by atoms with Gasteiger partial charge in [-0.2, -0.15) is 0 Å². The minimum absolute atomic E-state index is 0.833. The van der Waals surface area contributed by atoms with Crippen LogP contribution in [0.2, 0.25) is 0 Å². The predicted molar refractivity (Wildman–Crippen MR) is 83.6 cm³/mol. The molecule has 0 aliphatic rings. The van der Waals surface area contributed by atoms with Crippen LogP contribution in [0.25, 0.3) is 6.08 Å². The summed E-state index contributed by atoms with van der Waals surface area (Å²) in [6.07, 6.45) is 9.11. The van der Waals surface area contributed by atoms with Gasteiger partial charge in [-0.15, -0.1) is 0 Å². The normalized spacial score (nSPS) is 10.8. The predicted octanol–water partition coefficient (Wildman–Crippen LogP) is 4.31. The first-order chi connectivity index (χ1) is 9.33. The molecular formula is C17H25NO. The Hall–Kier alpha value is -1.57. The average molecular weight is 259 g/mol. The number of para-hydroxylation sites is 1. The standard InChI is InChI=1S/C17H25NO/c1-3-5-13-18(14-6-4-2)17-12-8-7-10-16(17)11-9-15-19/h7-12,15H,3-6,13-14H2,1-2H3/b11-9+. The first-order valence-corrected chi connectivity index (χ1v) is 7.29. The van der Waals surface area contributed by atoms with Gasteiger partial charge in [-0.3, -0.25) is 4.79 Å². The molecule has 1 rings (SSSR count). The Bertz CT molecular complexity index is 390. The summed E-state index contributed by atoms with van der Waals surface area (Å²) in [6.45, 7) is 6.61. The van der Waals surface area contributed by atoms with Gasteiger partial charge in [0.05, 0.1) is 0 Å². The third-order valence-electron chi connectivity index (χ3n) is 3.19. The maximum Gasteiger partial charge on any atom is 0.142 e. The Morgan fingerprint density at radius 3 is 2.26 bits per heavy atom. The van der Waals surface area contributed by atoms with Crippen LogP contribution in [-0.2, 0) is 4.79 Å². The summed E-state index contributed by atoms with van der Waals surface area (Å²) in [4.78, 5) is 12.9. The third-order valence-corrected chi connectivity index (χ3v) is 3.19. The van der Waals surface area contributed by atoms with Crippen molar-refractivity contribution < 1.29 is 4.79 Å². The lowest BCUT2D eigenvalue weighted by Crippen LogP contribution is -2.26. The van der Waals surface area contributed by atoms with Crippen LogP contribution in [0, 0.1) is 0 Å². The van der Waals surface area contributed by atoms with Gasteiger partial charge in [0.2, 0.25) is 0 Å². The van der Waals surface area contributed by atoms with Crippen LogP contribution in [0.4, 0.5) is 5.69 Å². The van der Waals surface area contributed by atoms with Crippen molar-refractivity contribution in [3.63, 3.8) is 0 Å². The van der Waals surface area contributed by atoms with Crippen molar-refractivity contribution in [3.05, 3.63) is 35.9 Å². The van der Waals surface area contributed by atoms with E-state index in [0.29, 0.717) is 0 Å². The topological polar surface area (TPSA) is 20.3 Å². The van der Waals surface area contributed by atoms with Crippen molar-refractivity contribution in [2.24, 2.45) is 0 Å². The number of rotatable bonds is 9. The van der Waals surface area contributed by atoms with Crippen LogP contribution < -0.4 is 4.90 Å². The van der Waals surface area contributed by atoms with Crippen LogP contribution in [0.5, 0.6) is 0 Å². The highest BCUT2D eigenvalue weighted by Crippen LogP contribution is 2.22. The zero-order valence-corrected chi connectivity index (χ0v) is 12.1. The summed E-state index contributed by atoms with van der Waals surface area (Å²) in [6, 6.07) is 8.31. The van der Waals surface area contributed by atoms with Crippen LogP contribution in [0.3, 0.4) is 0 Å². The molecule has 0 aliphatic carbocycles. The summed E-state index contributed by atoms with van der Waals surface area (Å²) in [5.74, 6) is 0. The van der Waals surface area contributed by atoms with Gasteiger partial charge in [0.15, 0.2) is 0 Å². The molecule has 1 aromatic rings. The highest BCUT2D eigenvalue weighted by Gasteiger charge is 2.08. The smallest absolute Gasteiger partial charge is 0.142 e. The van der Waals surface area contributed by atoms with E-state index in [9.17, 15) is 4.79 Å². The van der Waals surface area contributed by atoms with Crippen molar-refractivity contribution in [1.82, 2.24) is 0 Å². The van der Waals surface area contributed by atoms with E-state index in [4.69, 9.17) is 0 Å². The number of nitrogens with zero attached hydrogens (tertiary/aromatic N) is 1. The number of hydrogen-bond donors (Lipinski definition) is 0. The molecule has 1 aromatic carbocycles. The number of unbranched alkanes of at least 4 members (excludes halogenated alkanes) is 2. The number of hydrogen-bond acceptors (Lipinski definition) is 2. The highest BCUT2D eigenvalue weighted by atomic mass is 16.1. The Morgan fingerprint density at radius 1 is 1.05 bits per heavy atom. The lowest BCUT2D eigenvalue weighted by molar-refractivity contribution is -0.104. The summed E-state index contributed by atoms with van der Waals surface area (Å²) in [7, 11) is 0. The second-order valence-corrected chi connectivity index (χ2v) is 4.75. The molecule has 0 atom stereocenters. The average Bonchev–Trinajstić information content (AvgIpc) is 2.46. The SMILES string of the molecule is CCCCN(CCCC)c1ccccc1/C=C/C=O. The van der Waals surface area contributed by atoms with Gasteiger partial charge in [0, 0.05) is 18.8 Å². The molecule has 0 bridgehead atoms. The molecular weight excluding hydrogens is 234 g/mol. The molecule has 0 heterocycles. The summed E-state index contributed by atoms with van der Waals surface area (Å²) < 4.78 is 0. The van der Waals surface area contributed by atoms with Crippen LogP contribution in [0.1, 0.15) is 45.1 Å². The maximum absolute atomic E-state index is 10.5. The molecule has 0 radical (unpaired) electrons. The molecule has 2 nitrogen and oxygen atoms in total. The number of anilines is 1. The van der Waals surface area contributed by atoms with E-state index in [1.54, 1.807) is 6.08 Å². The van der Waals surface area contributed by atoms with Crippen LogP contribution in [-0.4, -0.2) is 19.4 Å². The number of benzene rings is 1. The molecule has 0 spiro atoms. The largest absolute Gasteiger partial charge is 0.371 e. The van der Waals surface area contributed by atoms with E-state index in [2.05, 4.69) is 36.9 Å². The van der Waals surface area contributed by atoms with E-state index in [1.165, 1.54) is 31.4 Å². The van der Waals surface area contributed by atoms with E-state index in [0.717, 1.165) is 24.9 Å². The van der Waals surface area contributed by atoms with Crippen molar-refractivity contribution in [2.45, 2.75) is 39.5 Å².